The summed E-state index contributed by atoms with van der Waals surface area (Å²) in [4.78, 5) is 22.4. The van der Waals surface area contributed by atoms with E-state index in [1.54, 1.807) is 13.8 Å². The van der Waals surface area contributed by atoms with Crippen molar-refractivity contribution in [3.63, 3.8) is 0 Å². The number of esters is 1. The van der Waals surface area contributed by atoms with Gasteiger partial charge in [-0.3, -0.25) is 10.1 Å². The van der Waals surface area contributed by atoms with Crippen molar-refractivity contribution >= 4 is 23.3 Å². The molecule has 0 saturated heterocycles. The van der Waals surface area contributed by atoms with Gasteiger partial charge in [0.15, 0.2) is 0 Å². The van der Waals surface area contributed by atoms with Crippen LogP contribution < -0.4 is 4.74 Å². The first-order valence-corrected chi connectivity index (χ1v) is 7.28. The lowest BCUT2D eigenvalue weighted by Gasteiger charge is -2.11. The highest BCUT2D eigenvalue weighted by atomic mass is 35.5. The Kier molecular flexibility index (Phi) is 5.35. The van der Waals surface area contributed by atoms with Gasteiger partial charge in [-0.2, -0.15) is 0 Å². The molecule has 0 fully saturated rings. The number of rotatable bonds is 5. The van der Waals surface area contributed by atoms with Gasteiger partial charge in [0.1, 0.15) is 22.9 Å². The van der Waals surface area contributed by atoms with Crippen LogP contribution in [0, 0.1) is 15.9 Å². The lowest BCUT2D eigenvalue weighted by atomic mass is 10.1. The number of ether oxygens (including phenoxy) is 2. The SMILES string of the molecule is CC(C)OC(=O)c1cc(Oc2ccc(F)cc2Cl)ccc1[N+](=O)[O-]. The van der Waals surface area contributed by atoms with E-state index in [0.717, 1.165) is 18.2 Å². The third-order valence-electron chi connectivity index (χ3n) is 2.85. The third-order valence-corrected chi connectivity index (χ3v) is 3.14. The summed E-state index contributed by atoms with van der Waals surface area (Å²) in [6.45, 7) is 3.25. The van der Waals surface area contributed by atoms with Crippen LogP contribution in [0.1, 0.15) is 24.2 Å². The van der Waals surface area contributed by atoms with Crippen molar-refractivity contribution in [3.05, 3.63) is 62.9 Å². The molecule has 0 spiro atoms. The predicted octanol–water partition coefficient (Wildman–Crippen LogP) is 4.74. The molecule has 0 aromatic heterocycles. The maximum absolute atomic E-state index is 13.0. The second-order valence-corrected chi connectivity index (χ2v) is 5.47. The molecule has 0 saturated carbocycles. The van der Waals surface area contributed by atoms with Crippen LogP contribution >= 0.6 is 11.6 Å². The monoisotopic (exact) mass is 353 g/mol. The Morgan fingerprint density at radius 3 is 2.54 bits per heavy atom. The normalized spacial score (nSPS) is 10.5. The van der Waals surface area contributed by atoms with Crippen LogP contribution in [0.4, 0.5) is 10.1 Å². The van der Waals surface area contributed by atoms with Crippen molar-refractivity contribution in [2.75, 3.05) is 0 Å². The molecule has 0 amide bonds. The summed E-state index contributed by atoms with van der Waals surface area (Å²) >= 11 is 5.87. The first kappa shape index (κ1) is 17.7. The fourth-order valence-electron chi connectivity index (χ4n) is 1.86. The number of benzene rings is 2. The predicted molar refractivity (Wildman–Crippen MR) is 85.1 cm³/mol. The number of halogens is 2. The average molecular weight is 354 g/mol. The Bertz CT molecular complexity index is 794. The van der Waals surface area contributed by atoms with Gasteiger partial charge >= 0.3 is 5.97 Å². The zero-order valence-corrected chi connectivity index (χ0v) is 13.5. The summed E-state index contributed by atoms with van der Waals surface area (Å²) in [6, 6.07) is 7.15. The summed E-state index contributed by atoms with van der Waals surface area (Å²) in [5.74, 6) is -1.09. The molecule has 0 unspecified atom stereocenters. The maximum atomic E-state index is 13.0. The topological polar surface area (TPSA) is 78.7 Å². The van der Waals surface area contributed by atoms with E-state index in [0.29, 0.717) is 0 Å². The lowest BCUT2D eigenvalue weighted by molar-refractivity contribution is -0.385. The molecule has 0 aliphatic heterocycles. The number of hydrogen-bond acceptors (Lipinski definition) is 5. The number of nitro benzene ring substituents is 1. The van der Waals surface area contributed by atoms with Gasteiger partial charge in [-0.15, -0.1) is 0 Å². The molecule has 0 bridgehead atoms. The van der Waals surface area contributed by atoms with Crippen LogP contribution in [0.15, 0.2) is 36.4 Å². The van der Waals surface area contributed by atoms with E-state index in [2.05, 4.69) is 0 Å². The van der Waals surface area contributed by atoms with Gasteiger partial charge < -0.3 is 9.47 Å². The first-order valence-electron chi connectivity index (χ1n) is 6.90. The Balaban J connectivity index is 2.38. The van der Waals surface area contributed by atoms with Gasteiger partial charge in [-0.05, 0) is 38.1 Å². The average Bonchev–Trinajstić information content (AvgIpc) is 2.49. The van der Waals surface area contributed by atoms with Gasteiger partial charge in [-0.1, -0.05) is 11.6 Å². The molecule has 126 valence electrons. The van der Waals surface area contributed by atoms with Gasteiger partial charge in [0, 0.05) is 12.1 Å². The standard InChI is InChI=1S/C16H13ClFNO5/c1-9(2)23-16(20)12-8-11(4-5-14(12)19(21)22)24-15-6-3-10(18)7-13(15)17/h3-9H,1-2H3. The van der Waals surface area contributed by atoms with Crippen molar-refractivity contribution in [2.45, 2.75) is 20.0 Å². The van der Waals surface area contributed by atoms with Crippen molar-refractivity contribution in [1.82, 2.24) is 0 Å². The smallest absolute Gasteiger partial charge is 0.345 e. The van der Waals surface area contributed by atoms with E-state index >= 15 is 0 Å². The Morgan fingerprint density at radius 2 is 1.96 bits per heavy atom. The minimum absolute atomic E-state index is 0.0275. The van der Waals surface area contributed by atoms with Crippen LogP contribution in [0.5, 0.6) is 11.5 Å². The van der Waals surface area contributed by atoms with E-state index in [-0.39, 0.29) is 22.1 Å². The third kappa shape index (κ3) is 4.20. The van der Waals surface area contributed by atoms with E-state index in [1.165, 1.54) is 18.2 Å². The summed E-state index contributed by atoms with van der Waals surface area (Å²) in [5.41, 5.74) is -0.650. The highest BCUT2D eigenvalue weighted by Crippen LogP contribution is 2.32. The number of nitrogens with zero attached hydrogens (tertiary/aromatic N) is 1. The summed E-state index contributed by atoms with van der Waals surface area (Å²) in [5, 5.41) is 11.1. The summed E-state index contributed by atoms with van der Waals surface area (Å²) in [7, 11) is 0. The van der Waals surface area contributed by atoms with Gasteiger partial charge in [-0.25, -0.2) is 9.18 Å². The fraction of sp³-hybridized carbons (Fsp3) is 0.188. The molecule has 0 radical (unpaired) electrons. The minimum atomic E-state index is -0.840. The van der Waals surface area contributed by atoms with Crippen LogP contribution in [-0.4, -0.2) is 17.0 Å². The molecule has 0 atom stereocenters. The van der Waals surface area contributed by atoms with E-state index in [4.69, 9.17) is 21.1 Å². The van der Waals surface area contributed by atoms with E-state index < -0.39 is 28.5 Å². The largest absolute Gasteiger partial charge is 0.459 e. The lowest BCUT2D eigenvalue weighted by Crippen LogP contribution is -2.13. The molecule has 0 N–H and O–H groups in total. The molecule has 2 rings (SSSR count). The van der Waals surface area contributed by atoms with Gasteiger partial charge in [0.25, 0.3) is 5.69 Å². The van der Waals surface area contributed by atoms with E-state index in [9.17, 15) is 19.3 Å². The Labute approximate surface area is 141 Å². The molecule has 2 aromatic rings. The molecule has 24 heavy (non-hydrogen) atoms. The first-order chi connectivity index (χ1) is 11.3. The second kappa shape index (κ2) is 7.27. The molecule has 6 nitrogen and oxygen atoms in total. The number of carbonyl (C=O) groups excluding carboxylic acids is 1. The number of carbonyl (C=O) groups is 1. The Morgan fingerprint density at radius 1 is 1.25 bits per heavy atom. The molecule has 8 heteroatoms. The maximum Gasteiger partial charge on any atom is 0.345 e. The second-order valence-electron chi connectivity index (χ2n) is 5.07. The number of hydrogen-bond donors (Lipinski definition) is 0. The zero-order chi connectivity index (χ0) is 17.9. The molecule has 0 aliphatic rings. The van der Waals surface area contributed by atoms with Crippen LogP contribution in [0.2, 0.25) is 5.02 Å². The van der Waals surface area contributed by atoms with Crippen molar-refractivity contribution in [3.8, 4) is 11.5 Å². The van der Waals surface area contributed by atoms with Crippen molar-refractivity contribution in [1.29, 1.82) is 0 Å². The highest BCUT2D eigenvalue weighted by molar-refractivity contribution is 6.32. The zero-order valence-electron chi connectivity index (χ0n) is 12.8. The molecule has 0 aliphatic carbocycles. The summed E-state index contributed by atoms with van der Waals surface area (Å²) < 4.78 is 23.5. The van der Waals surface area contributed by atoms with Crippen LogP contribution in [0.25, 0.3) is 0 Å². The van der Waals surface area contributed by atoms with Gasteiger partial charge in [0.05, 0.1) is 16.0 Å². The van der Waals surface area contributed by atoms with Crippen LogP contribution in [0.3, 0.4) is 0 Å². The molecule has 0 heterocycles. The number of nitro groups is 1. The minimum Gasteiger partial charge on any atom is -0.459 e. The summed E-state index contributed by atoms with van der Waals surface area (Å²) in [6.07, 6.45) is -0.437. The van der Waals surface area contributed by atoms with E-state index in [1.807, 2.05) is 0 Å². The molecular weight excluding hydrogens is 341 g/mol. The van der Waals surface area contributed by atoms with Crippen LogP contribution in [-0.2, 0) is 4.74 Å². The van der Waals surface area contributed by atoms with Crippen molar-refractivity contribution < 1.29 is 23.6 Å². The molecular formula is C16H13ClFNO5. The van der Waals surface area contributed by atoms with Gasteiger partial charge in [0.2, 0.25) is 0 Å². The Hall–Kier alpha value is -2.67. The molecule has 2 aromatic carbocycles. The fourth-order valence-corrected chi connectivity index (χ4v) is 2.07. The highest BCUT2D eigenvalue weighted by Gasteiger charge is 2.23. The van der Waals surface area contributed by atoms with Crippen molar-refractivity contribution in [2.24, 2.45) is 0 Å². The quantitative estimate of drug-likeness (QED) is 0.440.